The Morgan fingerprint density at radius 2 is 1.83 bits per heavy atom. The maximum absolute atomic E-state index is 12.1. The van der Waals surface area contributed by atoms with Crippen molar-refractivity contribution >= 4 is 10.0 Å². The number of hydrogen-bond acceptors (Lipinski definition) is 4. The van der Waals surface area contributed by atoms with Crippen LogP contribution in [0.2, 0.25) is 0 Å². The van der Waals surface area contributed by atoms with Gasteiger partial charge >= 0.3 is 0 Å². The van der Waals surface area contributed by atoms with E-state index in [9.17, 15) is 8.42 Å². The molecule has 1 aliphatic rings. The minimum absolute atomic E-state index is 0.0732. The first-order chi connectivity index (χ1) is 8.33. The Kier molecular flexibility index (Phi) is 6.04. The van der Waals surface area contributed by atoms with Crippen molar-refractivity contribution in [1.29, 1.82) is 0 Å². The molecule has 0 aromatic carbocycles. The van der Waals surface area contributed by atoms with Crippen molar-refractivity contribution in [1.82, 2.24) is 4.31 Å². The van der Waals surface area contributed by atoms with Crippen molar-refractivity contribution in [3.05, 3.63) is 0 Å². The fourth-order valence-corrected chi connectivity index (χ4v) is 3.53. The minimum atomic E-state index is -3.16. The molecule has 6 heteroatoms. The zero-order valence-electron chi connectivity index (χ0n) is 11.6. The van der Waals surface area contributed by atoms with Crippen LogP contribution in [0.15, 0.2) is 0 Å². The third kappa shape index (κ3) is 4.84. The molecule has 108 valence electrons. The zero-order chi connectivity index (χ0) is 13.8. The Labute approximate surface area is 111 Å². The Bertz CT molecular complexity index is 333. The van der Waals surface area contributed by atoms with Gasteiger partial charge in [0.15, 0.2) is 0 Å². The number of nitrogens with zero attached hydrogens (tertiary/aromatic N) is 1. The van der Waals surface area contributed by atoms with Crippen molar-refractivity contribution in [3.63, 3.8) is 0 Å². The molecule has 1 unspecified atom stereocenters. The second-order valence-corrected chi connectivity index (χ2v) is 7.42. The maximum Gasteiger partial charge on any atom is 0.216 e. The van der Waals surface area contributed by atoms with Gasteiger partial charge < -0.3 is 10.5 Å². The first-order valence-electron chi connectivity index (χ1n) is 6.68. The predicted octanol–water partition coefficient (Wildman–Crippen LogP) is 0.800. The number of hydrogen-bond donors (Lipinski definition) is 1. The molecule has 1 aliphatic heterocycles. The monoisotopic (exact) mass is 278 g/mol. The maximum atomic E-state index is 12.1. The summed E-state index contributed by atoms with van der Waals surface area (Å²) in [5.41, 5.74) is 5.85. The molecule has 1 atom stereocenters. The van der Waals surface area contributed by atoms with Gasteiger partial charge in [-0.15, -0.1) is 0 Å². The van der Waals surface area contributed by atoms with E-state index in [-0.39, 0.29) is 24.5 Å². The highest BCUT2D eigenvalue weighted by Crippen LogP contribution is 2.21. The molecule has 0 bridgehead atoms. The van der Waals surface area contributed by atoms with E-state index in [1.807, 2.05) is 20.8 Å². The lowest BCUT2D eigenvalue weighted by Crippen LogP contribution is -2.43. The molecule has 0 saturated carbocycles. The summed E-state index contributed by atoms with van der Waals surface area (Å²) in [5.74, 6) is 0.525. The van der Waals surface area contributed by atoms with E-state index in [1.165, 1.54) is 0 Å². The Balaban J connectivity index is 2.40. The van der Waals surface area contributed by atoms with E-state index in [2.05, 4.69) is 0 Å². The molecule has 0 aromatic rings. The Hall–Kier alpha value is -0.170. The summed E-state index contributed by atoms with van der Waals surface area (Å²) in [7, 11) is -3.16. The van der Waals surface area contributed by atoms with Crippen LogP contribution in [0, 0.1) is 5.92 Å². The van der Waals surface area contributed by atoms with E-state index in [1.54, 1.807) is 4.31 Å². The van der Waals surface area contributed by atoms with Gasteiger partial charge in [0.25, 0.3) is 0 Å². The quantitative estimate of drug-likeness (QED) is 0.780. The molecule has 18 heavy (non-hydrogen) atoms. The van der Waals surface area contributed by atoms with E-state index in [4.69, 9.17) is 10.5 Å². The van der Waals surface area contributed by atoms with Gasteiger partial charge in [0.2, 0.25) is 10.0 Å². The smallest absolute Gasteiger partial charge is 0.216 e. The van der Waals surface area contributed by atoms with Crippen LogP contribution in [0.4, 0.5) is 0 Å². The number of ether oxygens (including phenoxy) is 1. The minimum Gasteiger partial charge on any atom is -0.378 e. The summed E-state index contributed by atoms with van der Waals surface area (Å²) in [4.78, 5) is 0. The molecular formula is C12H26N2O3S. The van der Waals surface area contributed by atoms with Crippen LogP contribution >= 0.6 is 0 Å². The van der Waals surface area contributed by atoms with Crippen LogP contribution in [-0.2, 0) is 14.8 Å². The topological polar surface area (TPSA) is 72.6 Å². The fourth-order valence-electron chi connectivity index (χ4n) is 2.20. The first kappa shape index (κ1) is 15.9. The molecule has 0 aromatic heterocycles. The Morgan fingerprint density at radius 1 is 1.28 bits per heavy atom. The molecule has 1 rings (SSSR count). The zero-order valence-corrected chi connectivity index (χ0v) is 12.4. The van der Waals surface area contributed by atoms with Crippen molar-refractivity contribution in [2.45, 2.75) is 45.8 Å². The van der Waals surface area contributed by atoms with Gasteiger partial charge in [0.1, 0.15) is 0 Å². The standard InChI is InChI=1S/C12H26N2O3S/c1-10(2)17-8-9-18(15,16)14-6-4-12(5-7-14)11(3)13/h10-12H,4-9,13H2,1-3H3. The SMILES string of the molecule is CC(C)OCCS(=O)(=O)N1CCC(C(C)N)CC1. The summed E-state index contributed by atoms with van der Waals surface area (Å²) in [5, 5.41) is 0. The second kappa shape index (κ2) is 6.84. The van der Waals surface area contributed by atoms with E-state index in [0.717, 1.165) is 12.8 Å². The number of rotatable bonds is 6. The van der Waals surface area contributed by atoms with Gasteiger partial charge in [-0.1, -0.05) is 0 Å². The highest BCUT2D eigenvalue weighted by molar-refractivity contribution is 7.89. The lowest BCUT2D eigenvalue weighted by Gasteiger charge is -2.32. The molecule has 0 spiro atoms. The number of piperidine rings is 1. The van der Waals surface area contributed by atoms with E-state index < -0.39 is 10.0 Å². The molecule has 2 N–H and O–H groups in total. The summed E-state index contributed by atoms with van der Waals surface area (Å²) >= 11 is 0. The van der Waals surface area contributed by atoms with Crippen molar-refractivity contribution in [2.24, 2.45) is 11.7 Å². The predicted molar refractivity (Wildman–Crippen MR) is 72.8 cm³/mol. The van der Waals surface area contributed by atoms with Gasteiger partial charge in [-0.2, -0.15) is 0 Å². The number of nitrogens with two attached hydrogens (primary N) is 1. The van der Waals surface area contributed by atoms with Gasteiger partial charge in [-0.05, 0) is 39.5 Å². The average Bonchev–Trinajstić information content (AvgIpc) is 2.28. The molecule has 1 fully saturated rings. The van der Waals surface area contributed by atoms with Crippen LogP contribution in [0.5, 0.6) is 0 Å². The van der Waals surface area contributed by atoms with Crippen molar-refractivity contribution < 1.29 is 13.2 Å². The second-order valence-electron chi connectivity index (χ2n) is 5.33. The highest BCUT2D eigenvalue weighted by Gasteiger charge is 2.28. The molecule has 0 aliphatic carbocycles. The van der Waals surface area contributed by atoms with Gasteiger partial charge in [0.05, 0.1) is 18.5 Å². The Morgan fingerprint density at radius 3 is 2.28 bits per heavy atom. The molecule has 1 heterocycles. The van der Waals surface area contributed by atoms with Crippen molar-refractivity contribution in [3.8, 4) is 0 Å². The van der Waals surface area contributed by atoms with Crippen LogP contribution in [-0.4, -0.2) is 50.3 Å². The van der Waals surface area contributed by atoms with E-state index >= 15 is 0 Å². The van der Waals surface area contributed by atoms with Crippen molar-refractivity contribution in [2.75, 3.05) is 25.4 Å². The molecule has 0 radical (unpaired) electrons. The molecule has 0 amide bonds. The van der Waals surface area contributed by atoms with Gasteiger partial charge in [-0.25, -0.2) is 12.7 Å². The van der Waals surface area contributed by atoms with Crippen LogP contribution < -0.4 is 5.73 Å². The lowest BCUT2D eigenvalue weighted by atomic mass is 9.92. The summed E-state index contributed by atoms with van der Waals surface area (Å²) in [6.45, 7) is 7.26. The van der Waals surface area contributed by atoms with Gasteiger partial charge in [0, 0.05) is 19.1 Å². The van der Waals surface area contributed by atoms with Gasteiger partial charge in [-0.3, -0.25) is 0 Å². The first-order valence-corrected chi connectivity index (χ1v) is 8.29. The van der Waals surface area contributed by atoms with Crippen LogP contribution in [0.25, 0.3) is 0 Å². The summed E-state index contributed by atoms with van der Waals surface area (Å²) in [6, 6.07) is 0.152. The summed E-state index contributed by atoms with van der Waals surface area (Å²) < 4.78 is 31.0. The highest BCUT2D eigenvalue weighted by atomic mass is 32.2. The normalized spacial score (nSPS) is 21.4. The molecular weight excluding hydrogens is 252 g/mol. The van der Waals surface area contributed by atoms with Crippen LogP contribution in [0.3, 0.4) is 0 Å². The third-order valence-corrected chi connectivity index (χ3v) is 5.26. The fraction of sp³-hybridized carbons (Fsp3) is 1.00. The molecule has 1 saturated heterocycles. The third-order valence-electron chi connectivity index (χ3n) is 3.43. The lowest BCUT2D eigenvalue weighted by molar-refractivity contribution is 0.0904. The summed E-state index contributed by atoms with van der Waals surface area (Å²) in [6.07, 6.45) is 1.80. The van der Waals surface area contributed by atoms with Crippen LogP contribution in [0.1, 0.15) is 33.6 Å². The van der Waals surface area contributed by atoms with E-state index in [0.29, 0.717) is 19.0 Å². The largest absolute Gasteiger partial charge is 0.378 e. The molecule has 5 nitrogen and oxygen atoms in total. The number of sulfonamides is 1. The average molecular weight is 278 g/mol.